The second-order valence-corrected chi connectivity index (χ2v) is 8.08. The van der Waals surface area contributed by atoms with E-state index in [1.165, 1.54) is 16.8 Å². The fraction of sp³-hybridized carbons (Fsp3) is 0.261. The Hall–Kier alpha value is -3.89. The Morgan fingerprint density at radius 2 is 1.62 bits per heavy atom. The average molecular weight is 471 g/mol. The first-order valence-corrected chi connectivity index (χ1v) is 10.6. The van der Waals surface area contributed by atoms with E-state index in [9.17, 15) is 17.6 Å². The zero-order valence-corrected chi connectivity index (χ0v) is 18.2. The molecule has 2 aromatic carbocycles. The molecule has 11 heteroatoms. The molecule has 3 heterocycles. The molecule has 1 aliphatic heterocycles. The van der Waals surface area contributed by atoms with Gasteiger partial charge in [-0.25, -0.2) is 9.37 Å². The fourth-order valence-corrected chi connectivity index (χ4v) is 4.14. The van der Waals surface area contributed by atoms with Crippen molar-refractivity contribution in [3.63, 3.8) is 0 Å². The summed E-state index contributed by atoms with van der Waals surface area (Å²) in [4.78, 5) is 13.0. The number of nitrogen functional groups attached to an aromatic ring is 1. The van der Waals surface area contributed by atoms with E-state index in [4.69, 9.17) is 5.73 Å². The topological polar surface area (TPSA) is 76.1 Å². The predicted molar refractivity (Wildman–Crippen MR) is 122 cm³/mol. The van der Waals surface area contributed by atoms with Crippen molar-refractivity contribution < 1.29 is 17.6 Å². The number of alkyl halides is 3. The van der Waals surface area contributed by atoms with Crippen molar-refractivity contribution in [2.75, 3.05) is 41.7 Å². The monoisotopic (exact) mass is 471 g/mol. The molecule has 2 aromatic heterocycles. The maximum absolute atomic E-state index is 14.6. The first-order chi connectivity index (χ1) is 16.2. The summed E-state index contributed by atoms with van der Waals surface area (Å²) in [6, 6.07) is 11.6. The molecule has 1 fully saturated rings. The molecule has 5 rings (SSSR count). The number of benzene rings is 2. The number of piperazine rings is 1. The van der Waals surface area contributed by atoms with Crippen LogP contribution in [0.25, 0.3) is 22.3 Å². The zero-order chi connectivity index (χ0) is 24.0. The molecule has 2 N–H and O–H groups in total. The summed E-state index contributed by atoms with van der Waals surface area (Å²) in [5, 5.41) is 4.82. The highest BCUT2D eigenvalue weighted by atomic mass is 19.4. The van der Waals surface area contributed by atoms with Gasteiger partial charge in [-0.3, -0.25) is 4.68 Å². The number of hydrogen-bond acceptors (Lipinski definition) is 6. The maximum atomic E-state index is 14.6. The van der Waals surface area contributed by atoms with Crippen LogP contribution in [0.3, 0.4) is 0 Å². The molecule has 0 spiro atoms. The molecular weight excluding hydrogens is 450 g/mol. The first-order valence-electron chi connectivity index (χ1n) is 10.6. The van der Waals surface area contributed by atoms with Gasteiger partial charge in [-0.05, 0) is 30.3 Å². The summed E-state index contributed by atoms with van der Waals surface area (Å²) in [6.45, 7) is 1.89. The van der Waals surface area contributed by atoms with Crippen LogP contribution in [0.4, 0.5) is 35.0 Å². The zero-order valence-electron chi connectivity index (χ0n) is 18.2. The van der Waals surface area contributed by atoms with Crippen LogP contribution in [0, 0.1) is 5.82 Å². The molecular formula is C23H21F4N7. The van der Waals surface area contributed by atoms with E-state index >= 15 is 0 Å². The molecule has 1 aliphatic rings. The number of hydrogen-bond donors (Lipinski definition) is 1. The van der Waals surface area contributed by atoms with Gasteiger partial charge in [0, 0.05) is 44.5 Å². The van der Waals surface area contributed by atoms with Gasteiger partial charge >= 0.3 is 6.18 Å². The molecule has 1 saturated heterocycles. The van der Waals surface area contributed by atoms with Crippen molar-refractivity contribution in [1.82, 2.24) is 19.7 Å². The quantitative estimate of drug-likeness (QED) is 0.454. The van der Waals surface area contributed by atoms with Crippen LogP contribution < -0.4 is 15.5 Å². The lowest BCUT2D eigenvalue weighted by atomic mass is 10.1. The molecule has 0 atom stereocenters. The second-order valence-electron chi connectivity index (χ2n) is 8.08. The van der Waals surface area contributed by atoms with E-state index < -0.39 is 17.6 Å². The van der Waals surface area contributed by atoms with Crippen LogP contribution in [-0.2, 0) is 13.2 Å². The highest BCUT2D eigenvalue weighted by Gasteiger charge is 2.31. The van der Waals surface area contributed by atoms with Gasteiger partial charge in [-0.1, -0.05) is 18.2 Å². The Kier molecular flexibility index (Phi) is 5.26. The molecule has 7 nitrogen and oxygen atoms in total. The average Bonchev–Trinajstić information content (AvgIpc) is 3.12. The number of aromatic nitrogens is 4. The summed E-state index contributed by atoms with van der Waals surface area (Å²) in [6.07, 6.45) is -4.39. The summed E-state index contributed by atoms with van der Waals surface area (Å²) in [5.41, 5.74) is 7.00. The minimum atomic E-state index is -4.39. The van der Waals surface area contributed by atoms with Crippen molar-refractivity contribution in [3.05, 3.63) is 59.9 Å². The van der Waals surface area contributed by atoms with Gasteiger partial charge in [0.1, 0.15) is 11.6 Å². The molecule has 0 radical (unpaired) electrons. The second kappa shape index (κ2) is 8.15. The summed E-state index contributed by atoms with van der Waals surface area (Å²) < 4.78 is 55.4. The number of aryl methyl sites for hydroxylation is 1. The Bertz CT molecular complexity index is 1360. The molecule has 0 amide bonds. The standard InChI is InChI=1S/C23H21F4N7/c1-32-20(28)18-19(16-7-2-3-8-17(16)24)29-22(30-21(18)31-32)34-11-9-33(10-12-34)15-6-4-5-14(13-15)23(25,26)27/h2-8,13H,9-12,28H2,1H3. The smallest absolute Gasteiger partial charge is 0.383 e. The van der Waals surface area contributed by atoms with E-state index in [1.807, 2.05) is 9.80 Å². The van der Waals surface area contributed by atoms with Crippen LogP contribution in [0.5, 0.6) is 0 Å². The molecule has 0 aliphatic carbocycles. The van der Waals surface area contributed by atoms with Crippen molar-refractivity contribution in [2.45, 2.75) is 6.18 Å². The Morgan fingerprint density at radius 1 is 0.912 bits per heavy atom. The fourth-order valence-electron chi connectivity index (χ4n) is 4.14. The van der Waals surface area contributed by atoms with E-state index in [-0.39, 0.29) is 0 Å². The highest BCUT2D eigenvalue weighted by Crippen LogP contribution is 2.34. The van der Waals surface area contributed by atoms with Crippen molar-refractivity contribution >= 4 is 28.5 Å². The third-order valence-electron chi connectivity index (χ3n) is 5.96. The summed E-state index contributed by atoms with van der Waals surface area (Å²) >= 11 is 0. The van der Waals surface area contributed by atoms with Crippen LogP contribution in [0.15, 0.2) is 48.5 Å². The van der Waals surface area contributed by atoms with Gasteiger partial charge in [0.25, 0.3) is 0 Å². The lowest BCUT2D eigenvalue weighted by Crippen LogP contribution is -2.47. The van der Waals surface area contributed by atoms with Crippen molar-refractivity contribution in [2.24, 2.45) is 7.05 Å². The number of halogens is 4. The molecule has 34 heavy (non-hydrogen) atoms. The molecule has 0 unspecified atom stereocenters. The first kappa shape index (κ1) is 21.9. The van der Waals surface area contributed by atoms with Gasteiger partial charge in [-0.2, -0.15) is 23.3 Å². The predicted octanol–water partition coefficient (Wildman–Crippen LogP) is 4.10. The van der Waals surface area contributed by atoms with E-state index in [0.29, 0.717) is 65.9 Å². The third-order valence-corrected chi connectivity index (χ3v) is 5.96. The maximum Gasteiger partial charge on any atom is 0.416 e. The number of nitrogens with zero attached hydrogens (tertiary/aromatic N) is 6. The number of nitrogens with two attached hydrogens (primary N) is 1. The normalized spacial score (nSPS) is 14.7. The summed E-state index contributed by atoms with van der Waals surface area (Å²) in [5.74, 6) is 0.257. The Labute approximate surface area is 192 Å². The molecule has 176 valence electrons. The number of anilines is 3. The molecule has 0 saturated carbocycles. The minimum absolute atomic E-state index is 0.290. The van der Waals surface area contributed by atoms with Crippen LogP contribution in [0.1, 0.15) is 5.56 Å². The lowest BCUT2D eigenvalue weighted by Gasteiger charge is -2.36. The van der Waals surface area contributed by atoms with Gasteiger partial charge in [0.05, 0.1) is 16.6 Å². The largest absolute Gasteiger partial charge is 0.416 e. The van der Waals surface area contributed by atoms with Gasteiger partial charge < -0.3 is 15.5 Å². The van der Waals surface area contributed by atoms with Crippen LogP contribution >= 0.6 is 0 Å². The Morgan fingerprint density at radius 3 is 2.32 bits per heavy atom. The van der Waals surface area contributed by atoms with Crippen LogP contribution in [0.2, 0.25) is 0 Å². The van der Waals surface area contributed by atoms with Gasteiger partial charge in [-0.15, -0.1) is 0 Å². The highest BCUT2D eigenvalue weighted by molar-refractivity contribution is 5.99. The Balaban J connectivity index is 1.46. The molecule has 4 aromatic rings. The third kappa shape index (κ3) is 3.87. The molecule has 0 bridgehead atoms. The lowest BCUT2D eigenvalue weighted by molar-refractivity contribution is -0.137. The minimum Gasteiger partial charge on any atom is -0.383 e. The van der Waals surface area contributed by atoms with E-state index in [2.05, 4.69) is 15.1 Å². The number of fused-ring (bicyclic) bond motifs is 1. The van der Waals surface area contributed by atoms with Crippen molar-refractivity contribution in [3.8, 4) is 11.3 Å². The van der Waals surface area contributed by atoms with Gasteiger partial charge in [0.15, 0.2) is 5.65 Å². The van der Waals surface area contributed by atoms with E-state index in [0.717, 1.165) is 12.1 Å². The SMILES string of the molecule is Cn1nc2nc(N3CCN(c4cccc(C(F)(F)F)c4)CC3)nc(-c3ccccc3F)c2c1N. The van der Waals surface area contributed by atoms with Crippen LogP contribution in [-0.4, -0.2) is 45.9 Å². The number of rotatable bonds is 3. The van der Waals surface area contributed by atoms with Crippen molar-refractivity contribution in [1.29, 1.82) is 0 Å². The van der Waals surface area contributed by atoms with E-state index in [1.54, 1.807) is 31.3 Å². The summed E-state index contributed by atoms with van der Waals surface area (Å²) in [7, 11) is 1.68. The van der Waals surface area contributed by atoms with Gasteiger partial charge in [0.2, 0.25) is 5.95 Å².